The molecule has 0 aromatic rings. The van der Waals surface area contributed by atoms with E-state index < -0.39 is 5.97 Å². The summed E-state index contributed by atoms with van der Waals surface area (Å²) < 4.78 is 0. The molecule has 0 heterocycles. The highest BCUT2D eigenvalue weighted by molar-refractivity contribution is 6.17. The maximum Gasteiger partial charge on any atom is 0.303 e. The molecule has 0 saturated heterocycles. The van der Waals surface area contributed by atoms with Gasteiger partial charge < -0.3 is 5.11 Å². The van der Waals surface area contributed by atoms with Crippen molar-refractivity contribution >= 4 is 17.6 Å². The van der Waals surface area contributed by atoms with Crippen LogP contribution >= 0.6 is 11.6 Å². The van der Waals surface area contributed by atoms with E-state index >= 15 is 0 Å². The highest BCUT2D eigenvalue weighted by atomic mass is 35.5. The number of carbonyl (C=O) groups is 1. The maximum absolute atomic E-state index is 9.80. The largest absolute Gasteiger partial charge is 0.481 e. The minimum atomic E-state index is -0.796. The summed E-state index contributed by atoms with van der Waals surface area (Å²) in [5, 5.41) is 8.07. The Labute approximate surface area is 53.5 Å². The molecule has 47 valence electrons. The molecule has 0 aliphatic carbocycles. The lowest BCUT2D eigenvalue weighted by Crippen LogP contribution is -1.94. The van der Waals surface area contributed by atoms with Crippen LogP contribution in [0.1, 0.15) is 12.8 Å². The average Bonchev–Trinajstić information content (AvgIpc) is 1.66. The standard InChI is InChI=1S/C5H8ClO2/c6-4-2-1-3-5(7)8/h1H,2-4H2,(H,7,8). The fourth-order valence-electron chi connectivity index (χ4n) is 0.303. The third-order valence-corrected chi connectivity index (χ3v) is 0.850. The van der Waals surface area contributed by atoms with Gasteiger partial charge in [0.1, 0.15) is 0 Å². The van der Waals surface area contributed by atoms with E-state index in [4.69, 9.17) is 16.7 Å². The molecule has 1 N–H and O–H groups in total. The molecule has 0 atom stereocenters. The van der Waals surface area contributed by atoms with Gasteiger partial charge in [-0.05, 0) is 12.8 Å². The Hall–Kier alpha value is -0.240. The SMILES string of the molecule is O=C(O)C[CH]CCCl. The molecule has 0 fully saturated rings. The van der Waals surface area contributed by atoms with E-state index in [0.717, 1.165) is 0 Å². The van der Waals surface area contributed by atoms with Gasteiger partial charge in [-0.1, -0.05) is 0 Å². The molecule has 0 spiro atoms. The first-order chi connectivity index (χ1) is 3.77. The third kappa shape index (κ3) is 5.76. The number of unbranched alkanes of at least 4 members (excludes halogenated alkanes) is 1. The molecule has 0 amide bonds. The Kier molecular flexibility index (Phi) is 4.76. The summed E-state index contributed by atoms with van der Waals surface area (Å²) in [4.78, 5) is 9.80. The van der Waals surface area contributed by atoms with E-state index in [1.165, 1.54) is 0 Å². The number of hydrogen-bond donors (Lipinski definition) is 1. The minimum Gasteiger partial charge on any atom is -0.481 e. The number of alkyl halides is 1. The molecular weight excluding hydrogens is 128 g/mol. The monoisotopic (exact) mass is 135 g/mol. The molecule has 2 nitrogen and oxygen atoms in total. The molecule has 0 aliphatic heterocycles. The predicted molar refractivity (Wildman–Crippen MR) is 31.9 cm³/mol. The zero-order valence-corrected chi connectivity index (χ0v) is 5.19. The lowest BCUT2D eigenvalue weighted by molar-refractivity contribution is -0.136. The molecule has 0 aliphatic rings. The zero-order chi connectivity index (χ0) is 6.41. The van der Waals surface area contributed by atoms with Crippen molar-refractivity contribution in [1.29, 1.82) is 0 Å². The summed E-state index contributed by atoms with van der Waals surface area (Å²) in [6, 6.07) is 0. The van der Waals surface area contributed by atoms with E-state index in [1.54, 1.807) is 6.42 Å². The highest BCUT2D eigenvalue weighted by Crippen LogP contribution is 1.94. The second kappa shape index (κ2) is 4.91. The van der Waals surface area contributed by atoms with Crippen molar-refractivity contribution in [2.75, 3.05) is 5.88 Å². The number of hydrogen-bond acceptors (Lipinski definition) is 1. The van der Waals surface area contributed by atoms with Crippen molar-refractivity contribution in [3.8, 4) is 0 Å². The van der Waals surface area contributed by atoms with Crippen LogP contribution in [0.5, 0.6) is 0 Å². The number of carboxylic acid groups (broad SMARTS) is 1. The van der Waals surface area contributed by atoms with E-state index in [2.05, 4.69) is 0 Å². The second-order valence-electron chi connectivity index (χ2n) is 1.36. The van der Waals surface area contributed by atoms with Crippen LogP contribution in [0.3, 0.4) is 0 Å². The molecule has 3 heteroatoms. The minimum absolute atomic E-state index is 0.118. The first-order valence-corrected chi connectivity index (χ1v) is 2.90. The van der Waals surface area contributed by atoms with E-state index in [9.17, 15) is 4.79 Å². The molecule has 8 heavy (non-hydrogen) atoms. The summed E-state index contributed by atoms with van der Waals surface area (Å²) in [6.45, 7) is 0. The third-order valence-electron chi connectivity index (χ3n) is 0.632. The average molecular weight is 136 g/mol. The van der Waals surface area contributed by atoms with Crippen molar-refractivity contribution in [3.63, 3.8) is 0 Å². The predicted octanol–water partition coefficient (Wildman–Crippen LogP) is 1.29. The van der Waals surface area contributed by atoms with Crippen LogP contribution in [0, 0.1) is 6.42 Å². The fourth-order valence-corrected chi connectivity index (χ4v) is 0.457. The molecule has 0 aromatic carbocycles. The summed E-state index contributed by atoms with van der Waals surface area (Å²) >= 11 is 5.26. The van der Waals surface area contributed by atoms with Gasteiger partial charge in [0, 0.05) is 12.3 Å². The Balaban J connectivity index is 2.82. The smallest absolute Gasteiger partial charge is 0.303 e. The van der Waals surface area contributed by atoms with Crippen LogP contribution in [-0.4, -0.2) is 17.0 Å². The molecule has 0 bridgehead atoms. The zero-order valence-electron chi connectivity index (χ0n) is 4.43. The first kappa shape index (κ1) is 7.76. The molecule has 0 rings (SSSR count). The fraction of sp³-hybridized carbons (Fsp3) is 0.600. The Morgan fingerprint density at radius 2 is 2.38 bits per heavy atom. The van der Waals surface area contributed by atoms with E-state index in [1.807, 2.05) is 0 Å². The van der Waals surface area contributed by atoms with Gasteiger partial charge in [0.15, 0.2) is 0 Å². The topological polar surface area (TPSA) is 37.3 Å². The quantitative estimate of drug-likeness (QED) is 0.466. The number of halogens is 1. The van der Waals surface area contributed by atoms with Crippen LogP contribution in [-0.2, 0) is 4.79 Å². The Morgan fingerprint density at radius 3 is 2.75 bits per heavy atom. The Morgan fingerprint density at radius 1 is 1.75 bits per heavy atom. The van der Waals surface area contributed by atoms with Gasteiger partial charge in [0.25, 0.3) is 0 Å². The lowest BCUT2D eigenvalue weighted by atomic mass is 10.3. The highest BCUT2D eigenvalue weighted by Gasteiger charge is 1.93. The summed E-state index contributed by atoms with van der Waals surface area (Å²) in [6.07, 6.45) is 2.44. The molecule has 0 saturated carbocycles. The van der Waals surface area contributed by atoms with Crippen LogP contribution in [0.25, 0.3) is 0 Å². The van der Waals surface area contributed by atoms with Crippen LogP contribution in [0.15, 0.2) is 0 Å². The van der Waals surface area contributed by atoms with Gasteiger partial charge in [-0.3, -0.25) is 4.79 Å². The molecule has 0 aromatic heterocycles. The molecular formula is C5H8ClO2. The first-order valence-electron chi connectivity index (χ1n) is 2.37. The molecule has 1 radical (unpaired) electrons. The normalized spacial score (nSPS) is 9.12. The van der Waals surface area contributed by atoms with Crippen molar-refractivity contribution in [1.82, 2.24) is 0 Å². The van der Waals surface area contributed by atoms with E-state index in [-0.39, 0.29) is 6.42 Å². The van der Waals surface area contributed by atoms with Crippen LogP contribution < -0.4 is 0 Å². The van der Waals surface area contributed by atoms with Gasteiger partial charge in [-0.15, -0.1) is 11.6 Å². The number of rotatable bonds is 4. The van der Waals surface area contributed by atoms with Crippen LogP contribution in [0.4, 0.5) is 0 Å². The second-order valence-corrected chi connectivity index (χ2v) is 1.74. The van der Waals surface area contributed by atoms with Crippen molar-refractivity contribution < 1.29 is 9.90 Å². The maximum atomic E-state index is 9.80. The lowest BCUT2D eigenvalue weighted by Gasteiger charge is -1.88. The van der Waals surface area contributed by atoms with Crippen molar-refractivity contribution in [2.45, 2.75) is 12.8 Å². The summed E-state index contributed by atoms with van der Waals surface area (Å²) in [5.41, 5.74) is 0. The summed E-state index contributed by atoms with van der Waals surface area (Å²) in [5.74, 6) is -0.289. The van der Waals surface area contributed by atoms with Crippen molar-refractivity contribution in [3.05, 3.63) is 6.42 Å². The van der Waals surface area contributed by atoms with Gasteiger partial charge in [-0.2, -0.15) is 0 Å². The van der Waals surface area contributed by atoms with E-state index in [0.29, 0.717) is 12.3 Å². The number of carboxylic acids is 1. The molecule has 0 unspecified atom stereocenters. The van der Waals surface area contributed by atoms with Gasteiger partial charge >= 0.3 is 5.97 Å². The summed E-state index contributed by atoms with van der Waals surface area (Å²) in [7, 11) is 0. The van der Waals surface area contributed by atoms with Crippen LogP contribution in [0.2, 0.25) is 0 Å². The van der Waals surface area contributed by atoms with Gasteiger partial charge in [0.05, 0.1) is 0 Å². The number of aliphatic carboxylic acids is 1. The van der Waals surface area contributed by atoms with Gasteiger partial charge in [-0.25, -0.2) is 0 Å². The Bertz CT molecular complexity index is 72.8. The van der Waals surface area contributed by atoms with Gasteiger partial charge in [0.2, 0.25) is 0 Å². The van der Waals surface area contributed by atoms with Crippen molar-refractivity contribution in [2.24, 2.45) is 0 Å².